The van der Waals surface area contributed by atoms with Gasteiger partial charge in [-0.2, -0.15) is 0 Å². The van der Waals surface area contributed by atoms with Crippen LogP contribution in [-0.4, -0.2) is 40.0 Å². The standard InChI is InChI=1S/C11H18BrN3O3S/c1-15-3-2-8(7-15)6-14-19(16,17)10-4-9(5-13)18-11(10)12/h4,8,14H,2-3,5-7,13H2,1H3. The van der Waals surface area contributed by atoms with Crippen molar-refractivity contribution in [3.05, 3.63) is 16.5 Å². The van der Waals surface area contributed by atoms with Crippen molar-refractivity contribution < 1.29 is 12.8 Å². The van der Waals surface area contributed by atoms with Gasteiger partial charge in [-0.05, 0) is 41.9 Å². The fraction of sp³-hybridized carbons (Fsp3) is 0.636. The Labute approximate surface area is 121 Å². The first-order valence-corrected chi connectivity index (χ1v) is 8.36. The summed E-state index contributed by atoms with van der Waals surface area (Å²) < 4.78 is 32.4. The molecule has 0 aromatic carbocycles. The van der Waals surface area contributed by atoms with Crippen LogP contribution in [0.5, 0.6) is 0 Å². The minimum atomic E-state index is -3.55. The third-order valence-electron chi connectivity index (χ3n) is 3.25. The molecule has 1 saturated heterocycles. The van der Waals surface area contributed by atoms with Gasteiger partial charge in [0.25, 0.3) is 0 Å². The molecule has 0 bridgehead atoms. The topological polar surface area (TPSA) is 88.6 Å². The molecule has 1 unspecified atom stereocenters. The van der Waals surface area contributed by atoms with Crippen molar-refractivity contribution in [3.8, 4) is 0 Å². The number of furan rings is 1. The molecular weight excluding hydrogens is 334 g/mol. The molecule has 8 heteroatoms. The number of likely N-dealkylation sites (tertiary alicyclic amines) is 1. The summed E-state index contributed by atoms with van der Waals surface area (Å²) in [4.78, 5) is 2.30. The Bertz CT molecular complexity index is 543. The largest absolute Gasteiger partial charge is 0.452 e. The number of nitrogens with one attached hydrogen (secondary N) is 1. The number of hydrogen-bond donors (Lipinski definition) is 2. The fourth-order valence-corrected chi connectivity index (χ4v) is 4.29. The Hall–Kier alpha value is -0.410. The zero-order valence-electron chi connectivity index (χ0n) is 10.7. The number of hydrogen-bond acceptors (Lipinski definition) is 5. The normalized spacial score (nSPS) is 21.1. The zero-order valence-corrected chi connectivity index (χ0v) is 13.1. The summed E-state index contributed by atoms with van der Waals surface area (Å²) in [7, 11) is -1.51. The van der Waals surface area contributed by atoms with Crippen molar-refractivity contribution in [1.82, 2.24) is 9.62 Å². The van der Waals surface area contributed by atoms with Crippen LogP contribution in [0, 0.1) is 5.92 Å². The lowest BCUT2D eigenvalue weighted by Gasteiger charge is -2.11. The van der Waals surface area contributed by atoms with Crippen LogP contribution in [0.4, 0.5) is 0 Å². The summed E-state index contributed by atoms with van der Waals surface area (Å²) in [5.41, 5.74) is 5.43. The Morgan fingerprint density at radius 1 is 1.63 bits per heavy atom. The minimum Gasteiger partial charge on any atom is -0.452 e. The average Bonchev–Trinajstić information content (AvgIpc) is 2.93. The van der Waals surface area contributed by atoms with E-state index in [-0.39, 0.29) is 16.1 Å². The third-order valence-corrected chi connectivity index (χ3v) is 5.53. The van der Waals surface area contributed by atoms with E-state index >= 15 is 0 Å². The van der Waals surface area contributed by atoms with Gasteiger partial charge in [0.1, 0.15) is 10.7 Å². The van der Waals surface area contributed by atoms with E-state index in [0.717, 1.165) is 19.5 Å². The van der Waals surface area contributed by atoms with E-state index in [1.807, 2.05) is 7.05 Å². The van der Waals surface area contributed by atoms with Crippen LogP contribution < -0.4 is 10.5 Å². The Balaban J connectivity index is 2.03. The lowest BCUT2D eigenvalue weighted by atomic mass is 10.1. The van der Waals surface area contributed by atoms with Gasteiger partial charge in [-0.3, -0.25) is 0 Å². The van der Waals surface area contributed by atoms with E-state index in [2.05, 4.69) is 25.6 Å². The second-order valence-electron chi connectivity index (χ2n) is 4.82. The summed E-state index contributed by atoms with van der Waals surface area (Å²) >= 11 is 3.11. The van der Waals surface area contributed by atoms with Gasteiger partial charge < -0.3 is 15.1 Å². The van der Waals surface area contributed by atoms with Crippen LogP contribution in [0.15, 0.2) is 20.0 Å². The Morgan fingerprint density at radius 2 is 2.37 bits per heavy atom. The van der Waals surface area contributed by atoms with Crippen LogP contribution in [0.1, 0.15) is 12.2 Å². The molecule has 19 heavy (non-hydrogen) atoms. The Morgan fingerprint density at radius 3 is 2.89 bits per heavy atom. The van der Waals surface area contributed by atoms with E-state index in [9.17, 15) is 8.42 Å². The quantitative estimate of drug-likeness (QED) is 0.816. The molecule has 2 heterocycles. The van der Waals surface area contributed by atoms with Crippen LogP contribution in [0.25, 0.3) is 0 Å². The maximum Gasteiger partial charge on any atom is 0.244 e. The maximum atomic E-state index is 12.2. The van der Waals surface area contributed by atoms with Crippen LogP contribution in [0.2, 0.25) is 0 Å². The second-order valence-corrected chi connectivity index (χ2v) is 7.28. The SMILES string of the molecule is CN1CCC(CNS(=O)(=O)c2cc(CN)oc2Br)C1. The first-order valence-electron chi connectivity index (χ1n) is 6.09. The third kappa shape index (κ3) is 3.57. The van der Waals surface area contributed by atoms with Gasteiger partial charge in [0.2, 0.25) is 10.0 Å². The molecule has 0 spiro atoms. The molecule has 2 rings (SSSR count). The number of halogens is 1. The summed E-state index contributed by atoms with van der Waals surface area (Å²) in [6.07, 6.45) is 1.01. The number of sulfonamides is 1. The summed E-state index contributed by atoms with van der Waals surface area (Å²) in [5.74, 6) is 0.798. The number of nitrogens with zero attached hydrogens (tertiary/aromatic N) is 1. The molecule has 3 N–H and O–H groups in total. The van der Waals surface area contributed by atoms with E-state index < -0.39 is 10.0 Å². The van der Waals surface area contributed by atoms with Gasteiger partial charge in [-0.15, -0.1) is 0 Å². The van der Waals surface area contributed by atoms with Gasteiger partial charge in [0.05, 0.1) is 6.54 Å². The molecule has 1 fully saturated rings. The molecule has 1 atom stereocenters. The van der Waals surface area contributed by atoms with Gasteiger partial charge in [0.15, 0.2) is 4.67 Å². The molecule has 1 aliphatic rings. The predicted molar refractivity (Wildman–Crippen MR) is 75.1 cm³/mol. The van der Waals surface area contributed by atoms with Gasteiger partial charge >= 0.3 is 0 Å². The molecule has 0 saturated carbocycles. The highest BCUT2D eigenvalue weighted by atomic mass is 79.9. The molecule has 1 aromatic heterocycles. The predicted octanol–water partition coefficient (Wildman–Crippen LogP) is 0.731. The van der Waals surface area contributed by atoms with Crippen LogP contribution in [0.3, 0.4) is 0 Å². The number of rotatable bonds is 5. The fourth-order valence-electron chi connectivity index (χ4n) is 2.18. The molecule has 0 aliphatic carbocycles. The molecule has 0 radical (unpaired) electrons. The highest BCUT2D eigenvalue weighted by Gasteiger charge is 2.25. The van der Waals surface area contributed by atoms with E-state index in [4.69, 9.17) is 10.2 Å². The molecule has 0 amide bonds. The highest BCUT2D eigenvalue weighted by molar-refractivity contribution is 9.10. The van der Waals surface area contributed by atoms with Gasteiger partial charge in [-0.25, -0.2) is 13.1 Å². The van der Waals surface area contributed by atoms with Crippen molar-refractivity contribution >= 4 is 26.0 Å². The van der Waals surface area contributed by atoms with Crippen molar-refractivity contribution in [1.29, 1.82) is 0 Å². The monoisotopic (exact) mass is 351 g/mol. The lowest BCUT2D eigenvalue weighted by Crippen LogP contribution is -2.30. The van der Waals surface area contributed by atoms with Crippen LogP contribution >= 0.6 is 15.9 Å². The highest BCUT2D eigenvalue weighted by Crippen LogP contribution is 2.26. The minimum absolute atomic E-state index is 0.110. The second kappa shape index (κ2) is 5.92. The first kappa shape index (κ1) is 15.0. The summed E-state index contributed by atoms with van der Waals surface area (Å²) in [5, 5.41) is 0. The van der Waals surface area contributed by atoms with Gasteiger partial charge in [-0.1, -0.05) is 0 Å². The Kier molecular flexibility index (Phi) is 4.67. The summed E-state index contributed by atoms with van der Waals surface area (Å²) in [6.45, 7) is 2.55. The molecule has 6 nitrogen and oxygen atoms in total. The first-order chi connectivity index (χ1) is 8.92. The zero-order chi connectivity index (χ0) is 14.0. The number of nitrogens with two attached hydrogens (primary N) is 1. The van der Waals surface area contributed by atoms with E-state index in [1.54, 1.807) is 0 Å². The van der Waals surface area contributed by atoms with Crippen molar-refractivity contribution in [2.24, 2.45) is 11.7 Å². The maximum absolute atomic E-state index is 12.2. The van der Waals surface area contributed by atoms with E-state index in [1.165, 1.54) is 6.07 Å². The molecule has 1 aromatic rings. The molecule has 1 aliphatic heterocycles. The molecule has 108 valence electrons. The van der Waals surface area contributed by atoms with Crippen molar-refractivity contribution in [2.75, 3.05) is 26.7 Å². The van der Waals surface area contributed by atoms with Crippen LogP contribution in [-0.2, 0) is 16.6 Å². The lowest BCUT2D eigenvalue weighted by molar-refractivity contribution is 0.394. The van der Waals surface area contributed by atoms with E-state index in [0.29, 0.717) is 18.2 Å². The summed E-state index contributed by atoms with van der Waals surface area (Å²) in [6, 6.07) is 1.45. The van der Waals surface area contributed by atoms with Gasteiger partial charge in [0, 0.05) is 19.2 Å². The smallest absolute Gasteiger partial charge is 0.244 e. The molecular formula is C11H18BrN3O3S. The van der Waals surface area contributed by atoms with Crippen molar-refractivity contribution in [2.45, 2.75) is 17.9 Å². The average molecular weight is 352 g/mol. The van der Waals surface area contributed by atoms with Crippen molar-refractivity contribution in [3.63, 3.8) is 0 Å².